The number of anilines is 1. The van der Waals surface area contributed by atoms with Gasteiger partial charge >= 0.3 is 0 Å². The minimum Gasteiger partial charge on any atom is -0.453 e. The third kappa shape index (κ3) is 2.69. The van der Waals surface area contributed by atoms with Gasteiger partial charge in [-0.2, -0.15) is 0 Å². The lowest BCUT2D eigenvalue weighted by Crippen LogP contribution is -2.44. The molecule has 0 bridgehead atoms. The van der Waals surface area contributed by atoms with E-state index in [1.54, 1.807) is 18.2 Å². The summed E-state index contributed by atoms with van der Waals surface area (Å²) in [4.78, 5) is 15.2. The van der Waals surface area contributed by atoms with Crippen LogP contribution in [0.15, 0.2) is 34.7 Å². The molecule has 4 nitrogen and oxygen atoms in total. The molecule has 0 atom stereocenters. The summed E-state index contributed by atoms with van der Waals surface area (Å²) >= 11 is 0. The predicted molar refractivity (Wildman–Crippen MR) is 79.2 cm³/mol. The first-order chi connectivity index (χ1) is 10.2. The molecule has 1 aliphatic heterocycles. The summed E-state index contributed by atoms with van der Waals surface area (Å²) in [5, 5.41) is 0. The standard InChI is InChI=1S/C16H17FN2O2/c1-18-7-9-19(10-8-18)14-4-2-3-13(17)16(14)15-6-5-12(11-20)21-15/h2-6,11H,7-10H2,1H3. The quantitative estimate of drug-likeness (QED) is 0.814. The van der Waals surface area contributed by atoms with E-state index in [4.69, 9.17) is 4.42 Å². The molecule has 0 spiro atoms. The molecule has 0 amide bonds. The number of hydrogen-bond donors (Lipinski definition) is 0. The van der Waals surface area contributed by atoms with E-state index >= 15 is 0 Å². The molecule has 0 radical (unpaired) electrons. The SMILES string of the molecule is CN1CCN(c2cccc(F)c2-c2ccc(C=O)o2)CC1. The van der Waals surface area contributed by atoms with Gasteiger partial charge in [0.25, 0.3) is 0 Å². The Morgan fingerprint density at radius 1 is 1.14 bits per heavy atom. The Morgan fingerprint density at radius 3 is 2.57 bits per heavy atom. The number of nitrogens with zero attached hydrogens (tertiary/aromatic N) is 2. The molecule has 1 fully saturated rings. The summed E-state index contributed by atoms with van der Waals surface area (Å²) < 4.78 is 19.7. The first-order valence-electron chi connectivity index (χ1n) is 6.96. The second-order valence-corrected chi connectivity index (χ2v) is 5.24. The van der Waals surface area contributed by atoms with Crippen molar-refractivity contribution in [2.75, 3.05) is 38.1 Å². The lowest BCUT2D eigenvalue weighted by atomic mass is 10.1. The van der Waals surface area contributed by atoms with E-state index in [0.29, 0.717) is 17.6 Å². The number of likely N-dealkylation sites (N-methyl/N-ethyl adjacent to an activating group) is 1. The third-order valence-corrected chi connectivity index (χ3v) is 3.82. The van der Waals surface area contributed by atoms with E-state index in [1.165, 1.54) is 6.07 Å². The Kier molecular flexibility index (Phi) is 3.75. The Labute approximate surface area is 122 Å². The van der Waals surface area contributed by atoms with Crippen molar-refractivity contribution in [3.05, 3.63) is 41.9 Å². The summed E-state index contributed by atoms with van der Waals surface area (Å²) in [6.07, 6.45) is 0.625. The maximum absolute atomic E-state index is 14.3. The van der Waals surface area contributed by atoms with Gasteiger partial charge in [0.1, 0.15) is 11.6 Å². The van der Waals surface area contributed by atoms with Crippen LogP contribution in [0.1, 0.15) is 10.6 Å². The third-order valence-electron chi connectivity index (χ3n) is 3.82. The number of benzene rings is 1. The van der Waals surface area contributed by atoms with Gasteiger partial charge in [-0.1, -0.05) is 6.07 Å². The highest BCUT2D eigenvalue weighted by Gasteiger charge is 2.21. The second kappa shape index (κ2) is 5.69. The number of carbonyl (C=O) groups is 1. The largest absolute Gasteiger partial charge is 0.453 e. The average molecular weight is 288 g/mol. The number of aldehydes is 1. The number of piperazine rings is 1. The van der Waals surface area contributed by atoms with Crippen LogP contribution in [0.25, 0.3) is 11.3 Å². The Balaban J connectivity index is 2.01. The molecule has 0 unspecified atom stereocenters. The summed E-state index contributed by atoms with van der Waals surface area (Å²) in [6.45, 7) is 3.56. The Bertz CT molecular complexity index is 645. The molecule has 1 aromatic heterocycles. The molecule has 1 aromatic carbocycles. The van der Waals surface area contributed by atoms with Crippen molar-refractivity contribution in [1.82, 2.24) is 4.90 Å². The van der Waals surface area contributed by atoms with E-state index < -0.39 is 0 Å². The van der Waals surface area contributed by atoms with E-state index in [0.717, 1.165) is 31.9 Å². The molecule has 2 heterocycles. The smallest absolute Gasteiger partial charge is 0.185 e. The molecule has 3 rings (SSSR count). The number of rotatable bonds is 3. The lowest BCUT2D eigenvalue weighted by Gasteiger charge is -2.35. The highest BCUT2D eigenvalue weighted by atomic mass is 19.1. The van der Waals surface area contributed by atoms with Gasteiger partial charge < -0.3 is 14.2 Å². The van der Waals surface area contributed by atoms with Gasteiger partial charge in [-0.15, -0.1) is 0 Å². The normalized spacial score (nSPS) is 16.2. The minimum absolute atomic E-state index is 0.206. The van der Waals surface area contributed by atoms with Crippen molar-refractivity contribution in [2.24, 2.45) is 0 Å². The Morgan fingerprint density at radius 2 is 1.90 bits per heavy atom. The average Bonchev–Trinajstić information content (AvgIpc) is 2.96. The zero-order chi connectivity index (χ0) is 14.8. The number of halogens is 1. The topological polar surface area (TPSA) is 36.7 Å². The fourth-order valence-corrected chi connectivity index (χ4v) is 2.62. The maximum atomic E-state index is 14.3. The fraction of sp³-hybridized carbons (Fsp3) is 0.312. The lowest BCUT2D eigenvalue weighted by molar-refractivity contribution is 0.110. The zero-order valence-electron chi connectivity index (χ0n) is 11.9. The van der Waals surface area contributed by atoms with Gasteiger partial charge in [0.15, 0.2) is 12.0 Å². The highest BCUT2D eigenvalue weighted by molar-refractivity contribution is 5.79. The van der Waals surface area contributed by atoms with Crippen molar-refractivity contribution in [3.63, 3.8) is 0 Å². The van der Waals surface area contributed by atoms with Crippen LogP contribution >= 0.6 is 0 Å². The van der Waals surface area contributed by atoms with Gasteiger partial charge in [0, 0.05) is 26.2 Å². The highest BCUT2D eigenvalue weighted by Crippen LogP contribution is 2.34. The molecule has 2 aromatic rings. The molecule has 0 saturated carbocycles. The zero-order valence-corrected chi connectivity index (χ0v) is 11.9. The number of hydrogen-bond acceptors (Lipinski definition) is 4. The summed E-state index contributed by atoms with van der Waals surface area (Å²) in [5.41, 5.74) is 1.24. The summed E-state index contributed by atoms with van der Waals surface area (Å²) in [7, 11) is 2.08. The summed E-state index contributed by atoms with van der Waals surface area (Å²) in [6, 6.07) is 8.21. The molecular weight excluding hydrogens is 271 g/mol. The number of carbonyl (C=O) groups excluding carboxylic acids is 1. The fourth-order valence-electron chi connectivity index (χ4n) is 2.62. The molecule has 110 valence electrons. The molecule has 1 aliphatic rings. The summed E-state index contributed by atoms with van der Waals surface area (Å²) in [5.74, 6) is 0.264. The number of furan rings is 1. The van der Waals surface area contributed by atoms with E-state index in [9.17, 15) is 9.18 Å². The van der Waals surface area contributed by atoms with E-state index in [-0.39, 0.29) is 11.6 Å². The molecule has 0 aliphatic carbocycles. The van der Waals surface area contributed by atoms with Crippen molar-refractivity contribution in [2.45, 2.75) is 0 Å². The van der Waals surface area contributed by atoms with E-state index in [2.05, 4.69) is 16.8 Å². The van der Waals surface area contributed by atoms with Crippen LogP contribution in [0.3, 0.4) is 0 Å². The van der Waals surface area contributed by atoms with Crippen LogP contribution in [-0.4, -0.2) is 44.4 Å². The van der Waals surface area contributed by atoms with Gasteiger partial charge in [-0.25, -0.2) is 4.39 Å². The van der Waals surface area contributed by atoms with Gasteiger partial charge in [-0.05, 0) is 31.3 Å². The maximum Gasteiger partial charge on any atom is 0.185 e. The van der Waals surface area contributed by atoms with Crippen LogP contribution in [0.5, 0.6) is 0 Å². The van der Waals surface area contributed by atoms with Gasteiger partial charge in [-0.3, -0.25) is 4.79 Å². The van der Waals surface area contributed by atoms with Crippen molar-refractivity contribution < 1.29 is 13.6 Å². The predicted octanol–water partition coefficient (Wildman–Crippen LogP) is 2.65. The monoisotopic (exact) mass is 288 g/mol. The van der Waals surface area contributed by atoms with Crippen LogP contribution in [0, 0.1) is 5.82 Å². The molecular formula is C16H17FN2O2. The Hall–Kier alpha value is -2.14. The molecule has 1 saturated heterocycles. The van der Waals surface area contributed by atoms with Crippen molar-refractivity contribution in [3.8, 4) is 11.3 Å². The van der Waals surface area contributed by atoms with Crippen LogP contribution in [0.4, 0.5) is 10.1 Å². The van der Waals surface area contributed by atoms with Crippen LogP contribution < -0.4 is 4.90 Å². The first kappa shape index (κ1) is 13.8. The molecule has 5 heteroatoms. The van der Waals surface area contributed by atoms with Crippen molar-refractivity contribution in [1.29, 1.82) is 0 Å². The van der Waals surface area contributed by atoms with Crippen LogP contribution in [-0.2, 0) is 0 Å². The first-order valence-corrected chi connectivity index (χ1v) is 6.96. The minimum atomic E-state index is -0.335. The molecule has 21 heavy (non-hydrogen) atoms. The van der Waals surface area contributed by atoms with Gasteiger partial charge in [0.2, 0.25) is 0 Å². The second-order valence-electron chi connectivity index (χ2n) is 5.24. The van der Waals surface area contributed by atoms with Gasteiger partial charge in [0.05, 0.1) is 11.3 Å². The van der Waals surface area contributed by atoms with Crippen molar-refractivity contribution >= 4 is 12.0 Å². The molecule has 0 N–H and O–H groups in total. The van der Waals surface area contributed by atoms with E-state index in [1.807, 2.05) is 6.07 Å². The van der Waals surface area contributed by atoms with Crippen LogP contribution in [0.2, 0.25) is 0 Å².